The molecule has 2 radical (unpaired) electrons. The van der Waals surface area contributed by atoms with Crippen molar-refractivity contribution >= 4 is 21.1 Å². The van der Waals surface area contributed by atoms with Crippen LogP contribution in [0.15, 0.2) is 0 Å². The second-order valence-corrected chi connectivity index (χ2v) is 7.45. The van der Waals surface area contributed by atoms with Gasteiger partial charge in [0.05, 0.1) is 0 Å². The molecule has 0 aromatic carbocycles. The van der Waals surface area contributed by atoms with Gasteiger partial charge in [-0.3, -0.25) is 0 Å². The summed E-state index contributed by atoms with van der Waals surface area (Å²) in [5.41, 5.74) is 0. The van der Waals surface area contributed by atoms with E-state index in [0.717, 1.165) is 0 Å². The maximum absolute atomic E-state index is 2.29. The van der Waals surface area contributed by atoms with Crippen molar-refractivity contribution in [1.29, 1.82) is 0 Å². The third kappa shape index (κ3) is 22.4. The molecule has 0 amide bonds. The zero-order valence-corrected chi connectivity index (χ0v) is 12.3. The molecule has 0 aliphatic rings. The van der Waals surface area contributed by atoms with Gasteiger partial charge >= 0.3 is 69.5 Å². The number of rotatable bonds is 6. The molecule has 0 saturated heterocycles. The van der Waals surface area contributed by atoms with Crippen molar-refractivity contribution in [3.63, 3.8) is 0 Å². The molecule has 12 heavy (non-hydrogen) atoms. The minimum absolute atomic E-state index is 0.149. The van der Waals surface area contributed by atoms with Gasteiger partial charge in [-0.25, -0.2) is 0 Å². The maximum atomic E-state index is 2.29. The topological polar surface area (TPSA) is 0 Å². The Morgan fingerprint density at radius 1 is 0.750 bits per heavy atom. The molecule has 0 saturated carbocycles. The van der Waals surface area contributed by atoms with Crippen molar-refractivity contribution in [2.24, 2.45) is 0 Å². The molecule has 0 heterocycles. The fourth-order valence-electron chi connectivity index (χ4n) is 0.729. The molecule has 0 unspecified atom stereocenters. The predicted molar refractivity (Wildman–Crippen MR) is 61.1 cm³/mol. The van der Waals surface area contributed by atoms with E-state index in [1.54, 1.807) is 8.87 Å². The second kappa shape index (κ2) is 17.8. The van der Waals surface area contributed by atoms with Crippen LogP contribution in [0.4, 0.5) is 0 Å². The molecular weight excluding hydrogens is 251 g/mol. The number of hydrogen-bond acceptors (Lipinski definition) is 0. The molecule has 0 aliphatic carbocycles. The van der Waals surface area contributed by atoms with E-state index in [1.165, 1.54) is 32.1 Å². The van der Waals surface area contributed by atoms with Crippen molar-refractivity contribution in [2.45, 2.75) is 68.7 Å². The summed E-state index contributed by atoms with van der Waals surface area (Å²) in [6.45, 7) is 8.83. The van der Waals surface area contributed by atoms with E-state index in [4.69, 9.17) is 0 Å². The van der Waals surface area contributed by atoms with E-state index in [1.807, 2.05) is 0 Å². The van der Waals surface area contributed by atoms with Gasteiger partial charge in [-0.2, -0.15) is 0 Å². The Labute approximate surface area is 89.7 Å². The monoisotopic (exact) mass is 278 g/mol. The molecule has 0 N–H and O–H groups in total. The summed E-state index contributed by atoms with van der Waals surface area (Å²) in [6.07, 6.45) is 7.09. The summed E-state index contributed by atoms with van der Waals surface area (Å²) in [6, 6.07) is 0. The third-order valence-corrected chi connectivity index (χ3v) is 5.45. The van der Waals surface area contributed by atoms with Gasteiger partial charge in [-0.05, 0) is 0 Å². The van der Waals surface area contributed by atoms with Crippen molar-refractivity contribution in [2.75, 3.05) is 0 Å². The summed E-state index contributed by atoms with van der Waals surface area (Å²) in [4.78, 5) is 0. The minimum atomic E-state index is 0.149. The van der Waals surface area contributed by atoms with Crippen LogP contribution in [0.3, 0.4) is 0 Å². The van der Waals surface area contributed by atoms with E-state index in [-0.39, 0.29) is 21.1 Å². The summed E-state index contributed by atoms with van der Waals surface area (Å²) in [7, 11) is 0. The van der Waals surface area contributed by atoms with Crippen LogP contribution in [0, 0.1) is 0 Å². The fourth-order valence-corrected chi connectivity index (χ4v) is 4.89. The van der Waals surface area contributed by atoms with Crippen LogP contribution in [-0.2, 0) is 0 Å². The Morgan fingerprint density at radius 2 is 1.08 bits per heavy atom. The van der Waals surface area contributed by atoms with Gasteiger partial charge in [0.25, 0.3) is 0 Å². The van der Waals surface area contributed by atoms with Gasteiger partial charge in [0.2, 0.25) is 0 Å². The quantitative estimate of drug-likeness (QED) is 0.493. The van der Waals surface area contributed by atoms with Gasteiger partial charge < -0.3 is 0 Å². The Hall–Kier alpha value is 0.799. The SMILES string of the molecule is CCC.CCC[CH2][Sn][CH2]CCC. The van der Waals surface area contributed by atoms with Gasteiger partial charge in [-0.1, -0.05) is 20.3 Å². The van der Waals surface area contributed by atoms with Crippen LogP contribution in [-0.4, -0.2) is 21.1 Å². The van der Waals surface area contributed by atoms with E-state index in [9.17, 15) is 0 Å². The third-order valence-electron chi connectivity index (χ3n) is 1.41. The van der Waals surface area contributed by atoms with Crippen LogP contribution < -0.4 is 0 Å². The van der Waals surface area contributed by atoms with E-state index in [0.29, 0.717) is 0 Å². The number of unbranched alkanes of at least 4 members (excludes halogenated alkanes) is 2. The molecule has 0 rings (SSSR count). The van der Waals surface area contributed by atoms with Gasteiger partial charge in [0.15, 0.2) is 0 Å². The normalized spacial score (nSPS) is 9.00. The number of hydrogen-bond donors (Lipinski definition) is 0. The van der Waals surface area contributed by atoms with Crippen LogP contribution in [0.5, 0.6) is 0 Å². The zero-order valence-electron chi connectivity index (χ0n) is 9.45. The van der Waals surface area contributed by atoms with Crippen LogP contribution in [0.25, 0.3) is 0 Å². The van der Waals surface area contributed by atoms with Crippen LogP contribution >= 0.6 is 0 Å². The zero-order chi connectivity index (χ0) is 9.66. The van der Waals surface area contributed by atoms with E-state index < -0.39 is 0 Å². The molecule has 0 aromatic heterocycles. The summed E-state index contributed by atoms with van der Waals surface area (Å²) in [5.74, 6) is 0. The van der Waals surface area contributed by atoms with Gasteiger partial charge in [0, 0.05) is 0 Å². The molecule has 74 valence electrons. The predicted octanol–water partition coefficient (Wildman–Crippen LogP) is 4.54. The summed E-state index contributed by atoms with van der Waals surface area (Å²) >= 11 is 0.149. The average molecular weight is 277 g/mol. The first-order chi connectivity index (χ1) is 5.83. The Kier molecular flexibility index (Phi) is 22.6. The molecule has 1 heteroatoms. The molecule has 0 aliphatic heterocycles. The van der Waals surface area contributed by atoms with Crippen molar-refractivity contribution in [3.05, 3.63) is 0 Å². The van der Waals surface area contributed by atoms with Crippen LogP contribution in [0.2, 0.25) is 8.87 Å². The van der Waals surface area contributed by atoms with Gasteiger partial charge in [0.1, 0.15) is 0 Å². The van der Waals surface area contributed by atoms with Gasteiger partial charge in [-0.15, -0.1) is 0 Å². The first-order valence-corrected chi connectivity index (χ1v) is 9.57. The van der Waals surface area contributed by atoms with Crippen LogP contribution in [0.1, 0.15) is 59.8 Å². The Balaban J connectivity index is 0. The van der Waals surface area contributed by atoms with Crippen molar-refractivity contribution in [3.8, 4) is 0 Å². The molecule has 0 fully saturated rings. The van der Waals surface area contributed by atoms with E-state index >= 15 is 0 Å². The summed E-state index contributed by atoms with van der Waals surface area (Å²) < 4.78 is 3.25. The van der Waals surface area contributed by atoms with Crippen molar-refractivity contribution in [1.82, 2.24) is 0 Å². The Bertz CT molecular complexity index is 47.0. The molecular formula is C11H26Sn. The average Bonchev–Trinajstić information content (AvgIpc) is 2.06. The first kappa shape index (κ1) is 15.3. The Morgan fingerprint density at radius 3 is 1.33 bits per heavy atom. The summed E-state index contributed by atoms with van der Waals surface area (Å²) in [5, 5.41) is 0. The fraction of sp³-hybridized carbons (Fsp3) is 1.00. The molecule has 0 nitrogen and oxygen atoms in total. The van der Waals surface area contributed by atoms with Crippen molar-refractivity contribution < 1.29 is 0 Å². The molecule has 0 bridgehead atoms. The van der Waals surface area contributed by atoms with E-state index in [2.05, 4.69) is 27.7 Å². The molecule has 0 atom stereocenters. The second-order valence-electron chi connectivity index (χ2n) is 3.16. The standard InChI is InChI=1S/2C4H9.C3H8.Sn/c2*1-3-4-2;1-3-2;/h2*1,3-4H2,2H3;3H2,1-2H3;. The molecule has 0 aromatic rings. The molecule has 0 spiro atoms. The first-order valence-electron chi connectivity index (χ1n) is 5.54.